The number of methoxy groups -OCH3 is 2. The molecule has 0 radical (unpaired) electrons. The van der Waals surface area contributed by atoms with Crippen molar-refractivity contribution >= 4 is 29.7 Å². The maximum absolute atomic E-state index is 12.8. The van der Waals surface area contributed by atoms with E-state index in [0.717, 1.165) is 19.1 Å². The first-order valence-electron chi connectivity index (χ1n) is 8.17. The molecule has 0 bridgehead atoms. The molecule has 1 heterocycles. The molecule has 1 N–H and O–H groups in total. The largest absolute Gasteiger partial charge is 0.467 e. The Morgan fingerprint density at radius 1 is 0.926 bits per heavy atom. The highest BCUT2D eigenvalue weighted by molar-refractivity contribution is 6.23. The van der Waals surface area contributed by atoms with Crippen molar-refractivity contribution in [2.24, 2.45) is 5.92 Å². The Labute approximate surface area is 155 Å². The first-order valence-corrected chi connectivity index (χ1v) is 8.17. The molecule has 1 aliphatic rings. The monoisotopic (exact) mass is 376 g/mol. The lowest BCUT2D eigenvalue weighted by Crippen LogP contribution is -2.57. The minimum Gasteiger partial charge on any atom is -0.467 e. The third-order valence-corrected chi connectivity index (χ3v) is 4.16. The van der Waals surface area contributed by atoms with Crippen molar-refractivity contribution in [3.05, 3.63) is 35.4 Å². The van der Waals surface area contributed by atoms with E-state index in [-0.39, 0.29) is 11.1 Å². The maximum atomic E-state index is 12.8. The van der Waals surface area contributed by atoms with E-state index >= 15 is 0 Å². The van der Waals surface area contributed by atoms with Crippen molar-refractivity contribution in [2.45, 2.75) is 25.9 Å². The predicted octanol–water partition coefficient (Wildman–Crippen LogP) is 0.138. The van der Waals surface area contributed by atoms with Crippen LogP contribution in [0.15, 0.2) is 24.3 Å². The van der Waals surface area contributed by atoms with E-state index in [2.05, 4.69) is 14.8 Å². The van der Waals surface area contributed by atoms with Gasteiger partial charge in [0.25, 0.3) is 11.8 Å². The Morgan fingerprint density at radius 2 is 1.37 bits per heavy atom. The molecular weight excluding hydrogens is 356 g/mol. The quantitative estimate of drug-likeness (QED) is 0.426. The number of imide groups is 1. The van der Waals surface area contributed by atoms with Gasteiger partial charge >= 0.3 is 11.9 Å². The van der Waals surface area contributed by atoms with Crippen LogP contribution in [0.3, 0.4) is 0 Å². The van der Waals surface area contributed by atoms with Crippen LogP contribution in [0.2, 0.25) is 0 Å². The molecule has 0 saturated carbocycles. The molecule has 1 aromatic rings. The third-order valence-electron chi connectivity index (χ3n) is 4.16. The molecule has 3 amide bonds. The number of rotatable bonds is 6. The molecule has 0 unspecified atom stereocenters. The summed E-state index contributed by atoms with van der Waals surface area (Å²) < 4.78 is 8.99. The lowest BCUT2D eigenvalue weighted by Gasteiger charge is -2.29. The van der Waals surface area contributed by atoms with Crippen molar-refractivity contribution < 1.29 is 33.4 Å². The highest BCUT2D eigenvalue weighted by Gasteiger charge is 2.45. The lowest BCUT2D eigenvalue weighted by molar-refractivity contribution is -0.157. The van der Waals surface area contributed by atoms with Gasteiger partial charge in [-0.15, -0.1) is 0 Å². The summed E-state index contributed by atoms with van der Waals surface area (Å²) in [6.07, 6.45) is 0. The van der Waals surface area contributed by atoms with Gasteiger partial charge in [0.1, 0.15) is 6.04 Å². The molecule has 1 aliphatic heterocycles. The van der Waals surface area contributed by atoms with Gasteiger partial charge in [0.2, 0.25) is 11.9 Å². The number of carbonyl (C=O) groups excluding carboxylic acids is 5. The molecule has 0 aliphatic carbocycles. The number of carbonyl (C=O) groups is 5. The molecule has 0 fully saturated rings. The van der Waals surface area contributed by atoms with E-state index in [4.69, 9.17) is 0 Å². The van der Waals surface area contributed by atoms with Crippen LogP contribution < -0.4 is 5.32 Å². The lowest BCUT2D eigenvalue weighted by atomic mass is 10.0. The van der Waals surface area contributed by atoms with Crippen LogP contribution in [0, 0.1) is 5.92 Å². The van der Waals surface area contributed by atoms with Crippen molar-refractivity contribution in [3.63, 3.8) is 0 Å². The molecule has 0 spiro atoms. The second kappa shape index (κ2) is 7.98. The fourth-order valence-corrected chi connectivity index (χ4v) is 2.86. The molecule has 0 aromatic heterocycles. The molecule has 9 heteroatoms. The number of nitrogens with one attached hydrogen (secondary N) is 1. The second-order valence-corrected chi connectivity index (χ2v) is 6.20. The maximum Gasteiger partial charge on any atom is 0.340 e. The zero-order valence-electron chi connectivity index (χ0n) is 15.3. The fraction of sp³-hybridized carbons (Fsp3) is 0.389. The summed E-state index contributed by atoms with van der Waals surface area (Å²) in [7, 11) is 2.10. The van der Waals surface area contributed by atoms with E-state index < -0.39 is 47.7 Å². The van der Waals surface area contributed by atoms with Crippen LogP contribution >= 0.6 is 0 Å². The fourth-order valence-electron chi connectivity index (χ4n) is 2.86. The Morgan fingerprint density at radius 3 is 1.74 bits per heavy atom. The zero-order valence-corrected chi connectivity index (χ0v) is 15.3. The zero-order chi connectivity index (χ0) is 20.3. The number of nitrogens with zero attached hydrogens (tertiary/aromatic N) is 1. The number of esters is 2. The Balaban J connectivity index is 2.34. The standard InChI is InChI=1S/C18H20N2O7/c1-9(2)13(14(21)19-12(17(24)26-3)18(25)27-4)20-15(22)10-7-5-6-8-11(10)16(20)23/h5-9,12-13H,1-4H3,(H,19,21)/t13-/m0/s1. The van der Waals surface area contributed by atoms with Crippen molar-refractivity contribution in [2.75, 3.05) is 14.2 Å². The molecular formula is C18H20N2O7. The van der Waals surface area contributed by atoms with Gasteiger partial charge < -0.3 is 14.8 Å². The van der Waals surface area contributed by atoms with Gasteiger partial charge in [-0.25, -0.2) is 9.59 Å². The van der Waals surface area contributed by atoms with E-state index in [9.17, 15) is 24.0 Å². The third kappa shape index (κ3) is 3.67. The van der Waals surface area contributed by atoms with E-state index in [1.54, 1.807) is 26.0 Å². The van der Waals surface area contributed by atoms with Gasteiger partial charge in [0.15, 0.2) is 0 Å². The normalized spacial score (nSPS) is 14.2. The summed E-state index contributed by atoms with van der Waals surface area (Å²) in [5.74, 6) is -4.61. The number of ether oxygens (including phenoxy) is 2. The number of hydrogen-bond donors (Lipinski definition) is 1. The van der Waals surface area contributed by atoms with Crippen LogP contribution in [-0.4, -0.2) is 60.9 Å². The molecule has 2 rings (SSSR count). The molecule has 144 valence electrons. The smallest absolute Gasteiger partial charge is 0.340 e. The molecule has 9 nitrogen and oxygen atoms in total. The highest BCUT2D eigenvalue weighted by atomic mass is 16.5. The average molecular weight is 376 g/mol. The minimum absolute atomic E-state index is 0.193. The van der Waals surface area contributed by atoms with Gasteiger partial charge in [-0.3, -0.25) is 19.3 Å². The Hall–Kier alpha value is -3.23. The van der Waals surface area contributed by atoms with Crippen molar-refractivity contribution in [1.29, 1.82) is 0 Å². The van der Waals surface area contributed by atoms with E-state index in [0.29, 0.717) is 0 Å². The van der Waals surface area contributed by atoms with Crippen LogP contribution in [-0.2, 0) is 23.9 Å². The summed E-state index contributed by atoms with van der Waals surface area (Å²) in [6.45, 7) is 3.28. The second-order valence-electron chi connectivity index (χ2n) is 6.20. The Bertz CT molecular complexity index is 752. The highest BCUT2D eigenvalue weighted by Crippen LogP contribution is 2.27. The summed E-state index contributed by atoms with van der Waals surface area (Å²) in [6, 6.07) is 3.29. The number of benzene rings is 1. The molecule has 1 aromatic carbocycles. The van der Waals surface area contributed by atoms with Crippen LogP contribution in [0.4, 0.5) is 0 Å². The first-order chi connectivity index (χ1) is 12.7. The van der Waals surface area contributed by atoms with Gasteiger partial charge in [-0.2, -0.15) is 0 Å². The predicted molar refractivity (Wildman–Crippen MR) is 91.5 cm³/mol. The summed E-state index contributed by atoms with van der Waals surface area (Å²) >= 11 is 0. The summed E-state index contributed by atoms with van der Waals surface area (Å²) in [5, 5.41) is 2.21. The van der Waals surface area contributed by atoms with Crippen molar-refractivity contribution in [1.82, 2.24) is 10.2 Å². The van der Waals surface area contributed by atoms with Gasteiger partial charge in [-0.1, -0.05) is 26.0 Å². The first kappa shape index (κ1) is 20.1. The van der Waals surface area contributed by atoms with Crippen LogP contribution in [0.1, 0.15) is 34.6 Å². The molecule has 0 saturated heterocycles. The number of fused-ring (bicyclic) bond motifs is 1. The van der Waals surface area contributed by atoms with Gasteiger partial charge in [0.05, 0.1) is 25.3 Å². The van der Waals surface area contributed by atoms with Gasteiger partial charge in [0, 0.05) is 0 Å². The van der Waals surface area contributed by atoms with E-state index in [1.807, 2.05) is 0 Å². The van der Waals surface area contributed by atoms with Crippen LogP contribution in [0.25, 0.3) is 0 Å². The van der Waals surface area contributed by atoms with Crippen LogP contribution in [0.5, 0.6) is 0 Å². The summed E-state index contributed by atoms with van der Waals surface area (Å²) in [5.41, 5.74) is 0.386. The minimum atomic E-state index is -1.70. The average Bonchev–Trinajstić information content (AvgIpc) is 2.90. The summed E-state index contributed by atoms with van der Waals surface area (Å²) in [4.78, 5) is 62.5. The molecule has 27 heavy (non-hydrogen) atoms. The van der Waals surface area contributed by atoms with Gasteiger partial charge in [-0.05, 0) is 18.1 Å². The number of hydrogen-bond acceptors (Lipinski definition) is 7. The Kier molecular flexibility index (Phi) is 5.94. The van der Waals surface area contributed by atoms with Crippen molar-refractivity contribution in [3.8, 4) is 0 Å². The molecule has 1 atom stereocenters. The number of amides is 3. The SMILES string of the molecule is COC(=O)C(NC(=O)[C@H](C(C)C)N1C(=O)c2ccccc2C1=O)C(=O)OC. The van der Waals surface area contributed by atoms with E-state index in [1.165, 1.54) is 12.1 Å². The topological polar surface area (TPSA) is 119 Å².